The van der Waals surface area contributed by atoms with Crippen molar-refractivity contribution in [1.29, 1.82) is 0 Å². The molecule has 2 aromatic heterocycles. The van der Waals surface area contributed by atoms with Gasteiger partial charge in [0.25, 0.3) is 0 Å². The van der Waals surface area contributed by atoms with Gasteiger partial charge in [0.15, 0.2) is 5.01 Å². The van der Waals surface area contributed by atoms with Crippen LogP contribution in [0.5, 0.6) is 0 Å². The average Bonchev–Trinajstić information content (AvgIpc) is 2.73. The minimum absolute atomic E-state index is 0.138. The van der Waals surface area contributed by atoms with Crippen molar-refractivity contribution in [3.63, 3.8) is 0 Å². The number of nitrogens with zero attached hydrogens (tertiary/aromatic N) is 3. The van der Waals surface area contributed by atoms with Crippen molar-refractivity contribution >= 4 is 33.0 Å². The van der Waals surface area contributed by atoms with Crippen LogP contribution in [0, 0.1) is 0 Å². The first-order chi connectivity index (χ1) is 6.66. The first-order valence-corrected chi connectivity index (χ1v) is 5.49. The van der Waals surface area contributed by atoms with Gasteiger partial charge in [-0.1, -0.05) is 0 Å². The van der Waals surface area contributed by atoms with Gasteiger partial charge >= 0.3 is 0 Å². The van der Waals surface area contributed by atoms with E-state index in [1.54, 1.807) is 29.4 Å². The molecular weight excluding hydrogens is 266 g/mol. The third-order valence-electron chi connectivity index (χ3n) is 1.62. The van der Waals surface area contributed by atoms with Gasteiger partial charge in [-0.05, 0) is 22.0 Å². The number of rotatable bonds is 2. The highest BCUT2D eigenvalue weighted by molar-refractivity contribution is 9.10. The number of ketones is 1. The van der Waals surface area contributed by atoms with Gasteiger partial charge < -0.3 is 0 Å². The second kappa shape index (κ2) is 3.62. The summed E-state index contributed by atoms with van der Waals surface area (Å²) < 4.78 is 2.28. The average molecular weight is 272 g/mol. The van der Waals surface area contributed by atoms with Crippen LogP contribution in [0.15, 0.2) is 22.2 Å². The predicted molar refractivity (Wildman–Crippen MR) is 56.5 cm³/mol. The molecule has 0 aliphatic heterocycles. The van der Waals surface area contributed by atoms with Crippen LogP contribution in [0.1, 0.15) is 15.5 Å². The molecule has 2 heterocycles. The first kappa shape index (κ1) is 9.54. The summed E-state index contributed by atoms with van der Waals surface area (Å²) in [5.41, 5.74) is 0.425. The Hall–Kier alpha value is -1.01. The molecule has 0 spiro atoms. The van der Waals surface area contributed by atoms with Crippen molar-refractivity contribution < 1.29 is 4.79 Å². The second-order valence-electron chi connectivity index (χ2n) is 2.68. The maximum atomic E-state index is 11.7. The molecule has 0 atom stereocenters. The lowest BCUT2D eigenvalue weighted by Gasteiger charge is -1.89. The summed E-state index contributed by atoms with van der Waals surface area (Å²) in [5, 5.41) is 6.24. The number of hydrogen-bond donors (Lipinski definition) is 0. The largest absolute Gasteiger partial charge is 0.284 e. The van der Waals surface area contributed by atoms with Gasteiger partial charge in [-0.25, -0.2) is 4.98 Å². The number of halogens is 1. The van der Waals surface area contributed by atoms with Crippen molar-refractivity contribution in [1.82, 2.24) is 14.8 Å². The van der Waals surface area contributed by atoms with E-state index in [1.165, 1.54) is 11.3 Å². The number of hydrogen-bond acceptors (Lipinski definition) is 4. The Morgan fingerprint density at radius 1 is 1.64 bits per heavy atom. The topological polar surface area (TPSA) is 47.8 Å². The first-order valence-electron chi connectivity index (χ1n) is 3.82. The molecule has 0 aliphatic carbocycles. The Labute approximate surface area is 92.7 Å². The van der Waals surface area contributed by atoms with Crippen LogP contribution in [-0.4, -0.2) is 20.5 Å². The smallest absolute Gasteiger partial charge is 0.241 e. The van der Waals surface area contributed by atoms with E-state index < -0.39 is 0 Å². The molecule has 2 aromatic rings. The minimum atomic E-state index is -0.138. The van der Waals surface area contributed by atoms with Crippen molar-refractivity contribution in [2.75, 3.05) is 0 Å². The molecule has 2 rings (SSSR count). The maximum absolute atomic E-state index is 11.7. The van der Waals surface area contributed by atoms with Gasteiger partial charge in [0.1, 0.15) is 10.3 Å². The van der Waals surface area contributed by atoms with E-state index >= 15 is 0 Å². The Morgan fingerprint density at radius 3 is 2.93 bits per heavy atom. The number of carbonyl (C=O) groups excluding carboxylic acids is 1. The lowest BCUT2D eigenvalue weighted by atomic mass is 10.3. The zero-order chi connectivity index (χ0) is 10.1. The van der Waals surface area contributed by atoms with Crippen LogP contribution in [0.3, 0.4) is 0 Å². The fourth-order valence-electron chi connectivity index (χ4n) is 1.00. The third-order valence-corrected chi connectivity index (χ3v) is 3.17. The third kappa shape index (κ3) is 1.76. The highest BCUT2D eigenvalue weighted by atomic mass is 79.9. The molecule has 0 unspecified atom stereocenters. The summed E-state index contributed by atoms with van der Waals surface area (Å²) in [5.74, 6) is -0.138. The molecule has 0 bridgehead atoms. The predicted octanol–water partition coefficient (Wildman–Crippen LogP) is 1.87. The monoisotopic (exact) mass is 271 g/mol. The van der Waals surface area contributed by atoms with E-state index in [1.807, 2.05) is 0 Å². The normalized spacial score (nSPS) is 10.4. The van der Waals surface area contributed by atoms with Gasteiger partial charge in [0, 0.05) is 18.6 Å². The minimum Gasteiger partial charge on any atom is -0.284 e. The molecule has 0 saturated carbocycles. The van der Waals surface area contributed by atoms with Gasteiger partial charge in [-0.3, -0.25) is 9.48 Å². The Morgan fingerprint density at radius 2 is 2.43 bits per heavy atom. The van der Waals surface area contributed by atoms with Crippen LogP contribution in [0.2, 0.25) is 0 Å². The summed E-state index contributed by atoms with van der Waals surface area (Å²) in [6.45, 7) is 0. The molecule has 0 saturated heterocycles. The fraction of sp³-hybridized carbons (Fsp3) is 0.125. The molecule has 0 radical (unpaired) electrons. The molecular formula is C8H6BrN3OS. The summed E-state index contributed by atoms with van der Waals surface area (Å²) in [6.07, 6.45) is 1.73. The zero-order valence-electron chi connectivity index (χ0n) is 7.27. The van der Waals surface area contributed by atoms with E-state index in [4.69, 9.17) is 0 Å². The van der Waals surface area contributed by atoms with Crippen LogP contribution in [0.25, 0.3) is 0 Å². The molecule has 0 N–H and O–H groups in total. The van der Waals surface area contributed by atoms with Crippen molar-refractivity contribution in [2.24, 2.45) is 7.05 Å². The maximum Gasteiger partial charge on any atom is 0.241 e. The number of thiazole rings is 1. The summed E-state index contributed by atoms with van der Waals surface area (Å²) in [7, 11) is 1.77. The van der Waals surface area contributed by atoms with Gasteiger partial charge in [0.05, 0.1) is 0 Å². The van der Waals surface area contributed by atoms with Gasteiger partial charge in [0.2, 0.25) is 5.78 Å². The number of aromatic nitrogens is 3. The quantitative estimate of drug-likeness (QED) is 0.784. The van der Waals surface area contributed by atoms with Crippen LogP contribution in [0.4, 0.5) is 0 Å². The standard InChI is InChI=1S/C8H6BrN3OS/c1-12-3-2-5(11-12)7(13)8-10-6(9)4-14-8/h2-4H,1H3. The van der Waals surface area contributed by atoms with Crippen LogP contribution in [-0.2, 0) is 7.05 Å². The lowest BCUT2D eigenvalue weighted by molar-refractivity contribution is 0.103. The molecule has 0 aromatic carbocycles. The molecule has 0 fully saturated rings. The van der Waals surface area contributed by atoms with E-state index in [2.05, 4.69) is 26.0 Å². The number of aryl methyl sites for hydroxylation is 1. The molecule has 0 aliphatic rings. The summed E-state index contributed by atoms with van der Waals surface area (Å²) >= 11 is 4.50. The fourth-order valence-corrected chi connectivity index (χ4v) is 2.20. The zero-order valence-corrected chi connectivity index (χ0v) is 9.67. The Balaban J connectivity index is 2.33. The Kier molecular flexibility index (Phi) is 2.47. The van der Waals surface area contributed by atoms with Crippen molar-refractivity contribution in [3.8, 4) is 0 Å². The van der Waals surface area contributed by atoms with Crippen LogP contribution >= 0.6 is 27.3 Å². The molecule has 72 valence electrons. The highest BCUT2D eigenvalue weighted by Gasteiger charge is 2.15. The van der Waals surface area contributed by atoms with Gasteiger partial charge in [-0.2, -0.15) is 5.10 Å². The van der Waals surface area contributed by atoms with Crippen molar-refractivity contribution in [3.05, 3.63) is 32.9 Å². The molecule has 4 nitrogen and oxygen atoms in total. The summed E-state index contributed by atoms with van der Waals surface area (Å²) in [4.78, 5) is 15.8. The SMILES string of the molecule is Cn1ccc(C(=O)c2nc(Br)cs2)n1. The second-order valence-corrected chi connectivity index (χ2v) is 4.35. The molecule has 0 amide bonds. The number of carbonyl (C=O) groups is 1. The van der Waals surface area contributed by atoms with Gasteiger partial charge in [-0.15, -0.1) is 11.3 Å². The lowest BCUT2D eigenvalue weighted by Crippen LogP contribution is -2.02. The van der Waals surface area contributed by atoms with E-state index in [0.717, 1.165) is 0 Å². The Bertz CT molecular complexity index is 434. The molecule has 14 heavy (non-hydrogen) atoms. The van der Waals surface area contributed by atoms with E-state index in [-0.39, 0.29) is 5.78 Å². The highest BCUT2D eigenvalue weighted by Crippen LogP contribution is 2.17. The molecule has 6 heteroatoms. The van der Waals surface area contributed by atoms with E-state index in [0.29, 0.717) is 15.3 Å². The van der Waals surface area contributed by atoms with E-state index in [9.17, 15) is 4.79 Å². The van der Waals surface area contributed by atoms with Crippen LogP contribution < -0.4 is 0 Å². The van der Waals surface area contributed by atoms with Crippen molar-refractivity contribution in [2.45, 2.75) is 0 Å². The summed E-state index contributed by atoms with van der Waals surface area (Å²) in [6, 6.07) is 1.68.